The summed E-state index contributed by atoms with van der Waals surface area (Å²) in [7, 11) is 0. The molecule has 2 aromatic heterocycles. The molecule has 0 aliphatic carbocycles. The fraction of sp³-hybridized carbons (Fsp3) is 0.500. The summed E-state index contributed by atoms with van der Waals surface area (Å²) in [6.45, 7) is 5.46. The Morgan fingerprint density at radius 3 is 2.63 bits per heavy atom. The first-order chi connectivity index (χ1) is 9.22. The molecule has 0 aliphatic heterocycles. The molecule has 7 heteroatoms. The van der Waals surface area contributed by atoms with Crippen LogP contribution in [0.2, 0.25) is 0 Å². The van der Waals surface area contributed by atoms with Crippen LogP contribution in [0.4, 0.5) is 0 Å². The van der Waals surface area contributed by atoms with E-state index in [0.717, 1.165) is 5.76 Å². The first kappa shape index (κ1) is 14.2. The summed E-state index contributed by atoms with van der Waals surface area (Å²) in [4.78, 5) is 0. The minimum absolute atomic E-state index is 0.466. The molecule has 0 bridgehead atoms. The zero-order valence-corrected chi connectivity index (χ0v) is 12.5. The van der Waals surface area contributed by atoms with Crippen LogP contribution in [0.5, 0.6) is 0 Å². The third-order valence-electron chi connectivity index (χ3n) is 2.38. The summed E-state index contributed by atoms with van der Waals surface area (Å²) >= 11 is 3.26. The van der Waals surface area contributed by atoms with Crippen molar-refractivity contribution in [1.29, 1.82) is 0 Å². The van der Waals surface area contributed by atoms with Crippen molar-refractivity contribution in [3.63, 3.8) is 0 Å². The molecular weight excluding hydrogens is 314 g/mol. The van der Waals surface area contributed by atoms with Gasteiger partial charge in [-0.15, -0.1) is 5.10 Å². The lowest BCUT2D eigenvalue weighted by Gasteiger charge is -2.13. The molecule has 2 aromatic rings. The second-order valence-corrected chi connectivity index (χ2v) is 4.57. The minimum Gasteiger partial charge on any atom is -0.452 e. The van der Waals surface area contributed by atoms with Gasteiger partial charge in [-0.25, -0.2) is 4.68 Å². The van der Waals surface area contributed by atoms with Crippen molar-refractivity contribution in [3.05, 3.63) is 34.5 Å². The molecule has 0 radical (unpaired) electrons. The van der Waals surface area contributed by atoms with Crippen molar-refractivity contribution in [2.75, 3.05) is 13.2 Å². The van der Waals surface area contributed by atoms with E-state index in [1.807, 2.05) is 26.0 Å². The fourth-order valence-electron chi connectivity index (χ4n) is 1.62. The van der Waals surface area contributed by atoms with Crippen molar-refractivity contribution in [2.45, 2.75) is 26.7 Å². The standard InChI is InChI=1S/C12H16BrN3O3/c1-3-17-12(18-4-2)10-8-16(15-14-10)7-9-5-6-11(13)19-9/h5-6,8,12H,3-4,7H2,1-2H3. The summed E-state index contributed by atoms with van der Waals surface area (Å²) in [5.41, 5.74) is 0.661. The smallest absolute Gasteiger partial charge is 0.204 e. The Morgan fingerprint density at radius 1 is 1.32 bits per heavy atom. The fourth-order valence-corrected chi connectivity index (χ4v) is 1.96. The predicted octanol–water partition coefficient (Wildman–Crippen LogP) is 2.75. The molecule has 0 atom stereocenters. The number of nitrogens with zero attached hydrogens (tertiary/aromatic N) is 3. The Kier molecular flexibility index (Phi) is 5.12. The molecule has 0 saturated heterocycles. The highest BCUT2D eigenvalue weighted by Crippen LogP contribution is 2.18. The van der Waals surface area contributed by atoms with Crippen molar-refractivity contribution >= 4 is 15.9 Å². The Labute approximate surface area is 119 Å². The molecule has 0 spiro atoms. The molecule has 0 unspecified atom stereocenters. The Morgan fingerprint density at radius 2 is 2.05 bits per heavy atom. The van der Waals surface area contributed by atoms with Crippen LogP contribution in [-0.2, 0) is 16.0 Å². The Balaban J connectivity index is 2.04. The van der Waals surface area contributed by atoms with E-state index >= 15 is 0 Å². The molecule has 104 valence electrons. The van der Waals surface area contributed by atoms with Gasteiger partial charge in [0.2, 0.25) is 6.29 Å². The van der Waals surface area contributed by atoms with Crippen molar-refractivity contribution in [3.8, 4) is 0 Å². The molecule has 2 rings (SSSR count). The largest absolute Gasteiger partial charge is 0.452 e. The highest BCUT2D eigenvalue weighted by atomic mass is 79.9. The van der Waals surface area contributed by atoms with Gasteiger partial charge >= 0.3 is 0 Å². The van der Waals surface area contributed by atoms with E-state index in [4.69, 9.17) is 13.9 Å². The van der Waals surface area contributed by atoms with E-state index in [-0.39, 0.29) is 0 Å². The van der Waals surface area contributed by atoms with E-state index < -0.39 is 6.29 Å². The molecule has 0 aromatic carbocycles. The molecular formula is C12H16BrN3O3. The van der Waals surface area contributed by atoms with Crippen LogP contribution in [0.15, 0.2) is 27.4 Å². The first-order valence-electron chi connectivity index (χ1n) is 6.10. The summed E-state index contributed by atoms with van der Waals surface area (Å²) in [5.74, 6) is 0.799. The molecule has 0 N–H and O–H groups in total. The number of rotatable bonds is 7. The van der Waals surface area contributed by atoms with Gasteiger partial charge in [0.15, 0.2) is 4.67 Å². The van der Waals surface area contributed by atoms with Crippen LogP contribution < -0.4 is 0 Å². The average Bonchev–Trinajstić information content (AvgIpc) is 2.99. The monoisotopic (exact) mass is 329 g/mol. The van der Waals surface area contributed by atoms with E-state index in [0.29, 0.717) is 30.1 Å². The van der Waals surface area contributed by atoms with Gasteiger partial charge in [0.25, 0.3) is 0 Å². The molecule has 2 heterocycles. The van der Waals surface area contributed by atoms with Crippen molar-refractivity contribution in [2.24, 2.45) is 0 Å². The zero-order chi connectivity index (χ0) is 13.7. The molecule has 0 amide bonds. The van der Waals surface area contributed by atoms with Gasteiger partial charge < -0.3 is 13.9 Å². The van der Waals surface area contributed by atoms with Gasteiger partial charge in [0.05, 0.1) is 6.20 Å². The van der Waals surface area contributed by atoms with Crippen LogP contribution in [0.1, 0.15) is 31.6 Å². The van der Waals surface area contributed by atoms with Crippen LogP contribution in [-0.4, -0.2) is 28.2 Å². The third kappa shape index (κ3) is 3.89. The lowest BCUT2D eigenvalue weighted by Crippen LogP contribution is -2.09. The molecule has 6 nitrogen and oxygen atoms in total. The zero-order valence-electron chi connectivity index (χ0n) is 10.9. The van der Waals surface area contributed by atoms with Gasteiger partial charge in [-0.3, -0.25) is 0 Å². The normalized spacial score (nSPS) is 11.4. The lowest BCUT2D eigenvalue weighted by molar-refractivity contribution is -0.142. The van der Waals surface area contributed by atoms with Gasteiger partial charge in [-0.1, -0.05) is 5.21 Å². The van der Waals surface area contributed by atoms with Crippen LogP contribution in [0, 0.1) is 0 Å². The highest BCUT2D eigenvalue weighted by molar-refractivity contribution is 9.10. The lowest BCUT2D eigenvalue weighted by atomic mass is 10.4. The third-order valence-corrected chi connectivity index (χ3v) is 2.81. The second kappa shape index (κ2) is 6.83. The van der Waals surface area contributed by atoms with Crippen LogP contribution in [0.25, 0.3) is 0 Å². The number of hydrogen-bond donors (Lipinski definition) is 0. The SMILES string of the molecule is CCOC(OCC)c1cn(Cc2ccc(Br)o2)nn1. The maximum Gasteiger partial charge on any atom is 0.204 e. The number of ether oxygens (including phenoxy) is 2. The van der Waals surface area contributed by atoms with Crippen LogP contribution >= 0.6 is 15.9 Å². The summed E-state index contributed by atoms with van der Waals surface area (Å²) in [6, 6.07) is 3.73. The number of furan rings is 1. The first-order valence-corrected chi connectivity index (χ1v) is 6.89. The van der Waals surface area contributed by atoms with Gasteiger partial charge in [0.1, 0.15) is 18.0 Å². The van der Waals surface area contributed by atoms with E-state index in [9.17, 15) is 0 Å². The Bertz CT molecular complexity index is 506. The minimum atomic E-state index is -0.466. The molecule has 0 fully saturated rings. The number of hydrogen-bond acceptors (Lipinski definition) is 5. The van der Waals surface area contributed by atoms with Gasteiger partial charge in [0, 0.05) is 13.2 Å². The Hall–Kier alpha value is -1.18. The molecule has 0 saturated carbocycles. The summed E-state index contributed by atoms with van der Waals surface area (Å²) in [6.07, 6.45) is 1.33. The second-order valence-electron chi connectivity index (χ2n) is 3.79. The highest BCUT2D eigenvalue weighted by Gasteiger charge is 2.16. The van der Waals surface area contributed by atoms with E-state index in [1.54, 1.807) is 10.9 Å². The number of aromatic nitrogens is 3. The maximum absolute atomic E-state index is 5.47. The van der Waals surface area contributed by atoms with Gasteiger partial charge in [-0.05, 0) is 41.9 Å². The number of halogens is 1. The summed E-state index contributed by atoms with van der Waals surface area (Å²) < 4.78 is 18.7. The van der Waals surface area contributed by atoms with E-state index in [2.05, 4.69) is 26.2 Å². The maximum atomic E-state index is 5.47. The predicted molar refractivity (Wildman–Crippen MR) is 71.5 cm³/mol. The quantitative estimate of drug-likeness (QED) is 0.731. The van der Waals surface area contributed by atoms with Crippen molar-refractivity contribution < 1.29 is 13.9 Å². The molecule has 19 heavy (non-hydrogen) atoms. The topological polar surface area (TPSA) is 62.3 Å². The summed E-state index contributed by atoms with van der Waals surface area (Å²) in [5, 5.41) is 8.10. The average molecular weight is 330 g/mol. The van der Waals surface area contributed by atoms with E-state index in [1.165, 1.54) is 0 Å². The molecule has 0 aliphatic rings. The van der Waals surface area contributed by atoms with Gasteiger partial charge in [-0.2, -0.15) is 0 Å². The van der Waals surface area contributed by atoms with Crippen LogP contribution in [0.3, 0.4) is 0 Å². The van der Waals surface area contributed by atoms with Crippen molar-refractivity contribution in [1.82, 2.24) is 15.0 Å².